The third kappa shape index (κ3) is 8.35. The largest absolute Gasteiger partial charge is 0.463 e. The molecule has 2 aromatic rings. The average molecular weight is 612 g/mol. The van der Waals surface area contributed by atoms with E-state index >= 15 is 0 Å². The number of nitrogens with zero attached hydrogens (tertiary/aromatic N) is 4. The Kier molecular flexibility index (Phi) is 10.6. The molecule has 1 heterocycles. The minimum Gasteiger partial charge on any atom is -0.463 e. The highest BCUT2D eigenvalue weighted by atomic mass is 79.9. The number of sulfone groups is 1. The molecule has 0 saturated carbocycles. The van der Waals surface area contributed by atoms with Gasteiger partial charge < -0.3 is 15.4 Å². The number of carbonyl (C=O) groups is 1. The molecule has 1 aromatic carbocycles. The van der Waals surface area contributed by atoms with Gasteiger partial charge in [0.1, 0.15) is 29.6 Å². The molecular weight excluding hydrogens is 587 g/mol. The summed E-state index contributed by atoms with van der Waals surface area (Å²) in [4.78, 5) is 18.2. The Bertz CT molecular complexity index is 1240. The van der Waals surface area contributed by atoms with E-state index in [9.17, 15) is 26.4 Å². The molecule has 9 nitrogen and oxygen atoms in total. The predicted molar refractivity (Wildman–Crippen MR) is 135 cm³/mol. The van der Waals surface area contributed by atoms with Gasteiger partial charge in [-0.15, -0.1) is 10.2 Å². The van der Waals surface area contributed by atoms with E-state index in [0.717, 1.165) is 30.7 Å². The maximum absolute atomic E-state index is 13.3. The van der Waals surface area contributed by atoms with E-state index in [0.29, 0.717) is 12.1 Å². The summed E-state index contributed by atoms with van der Waals surface area (Å²) in [5.74, 6) is -0.740. The van der Waals surface area contributed by atoms with Crippen molar-refractivity contribution < 1.29 is 31.1 Å². The maximum Gasteiger partial charge on any atom is 0.431 e. The van der Waals surface area contributed by atoms with Crippen molar-refractivity contribution in [2.24, 2.45) is 10.7 Å². The number of halogens is 4. The second-order valence-electron chi connectivity index (χ2n) is 7.35. The lowest BCUT2D eigenvalue weighted by Gasteiger charge is -2.17. The van der Waals surface area contributed by atoms with E-state index in [1.54, 1.807) is 6.07 Å². The zero-order chi connectivity index (χ0) is 27.1. The van der Waals surface area contributed by atoms with Crippen LogP contribution in [0.4, 0.5) is 13.2 Å². The van der Waals surface area contributed by atoms with Crippen molar-refractivity contribution in [3.63, 3.8) is 0 Å². The minimum atomic E-state index is -4.87. The van der Waals surface area contributed by atoms with Crippen molar-refractivity contribution in [2.75, 3.05) is 39.0 Å². The minimum absolute atomic E-state index is 0.0421. The number of carbonyl (C=O) groups excluding carboxylic acids is 1. The van der Waals surface area contributed by atoms with Gasteiger partial charge in [0.15, 0.2) is 14.8 Å². The van der Waals surface area contributed by atoms with Crippen LogP contribution in [0.1, 0.15) is 18.9 Å². The molecule has 0 atom stereocenters. The van der Waals surface area contributed by atoms with Crippen LogP contribution in [0.2, 0.25) is 0 Å². The summed E-state index contributed by atoms with van der Waals surface area (Å²) >= 11 is 3.69. The van der Waals surface area contributed by atoms with Crippen LogP contribution in [0.3, 0.4) is 0 Å². The lowest BCUT2D eigenvalue weighted by Crippen LogP contribution is -2.28. The number of likely N-dealkylation sites (N-methyl/N-ethyl adjacent to an activating group) is 1. The van der Waals surface area contributed by atoms with Crippen LogP contribution < -0.4 is 5.73 Å². The molecule has 0 saturated heterocycles. The molecule has 0 aliphatic carbocycles. The number of benzene rings is 1. The fourth-order valence-electron chi connectivity index (χ4n) is 2.80. The van der Waals surface area contributed by atoms with Crippen LogP contribution in [0.25, 0.3) is 10.6 Å². The Labute approximate surface area is 219 Å². The van der Waals surface area contributed by atoms with Gasteiger partial charge in [0, 0.05) is 18.4 Å². The molecule has 0 fully saturated rings. The fraction of sp³-hybridized carbons (Fsp3) is 0.429. The van der Waals surface area contributed by atoms with Gasteiger partial charge in [-0.2, -0.15) is 13.2 Å². The number of nitrogens with two attached hydrogens (primary N) is 1. The second-order valence-corrected chi connectivity index (χ2v) is 11.1. The summed E-state index contributed by atoms with van der Waals surface area (Å²) in [7, 11) is -3.50. The van der Waals surface area contributed by atoms with Crippen LogP contribution >= 0.6 is 27.3 Å². The van der Waals surface area contributed by atoms with E-state index in [2.05, 4.69) is 31.1 Å². The Morgan fingerprint density at radius 1 is 1.25 bits per heavy atom. The second kappa shape index (κ2) is 12.7. The molecule has 2 rings (SSSR count). The molecule has 0 radical (unpaired) electrons. The summed E-state index contributed by atoms with van der Waals surface area (Å²) in [5, 5.41) is 8.02. The van der Waals surface area contributed by atoms with Crippen LogP contribution in [-0.2, 0) is 19.4 Å². The topological polar surface area (TPSA) is 128 Å². The number of hydrogen-bond donors (Lipinski definition) is 1. The van der Waals surface area contributed by atoms with E-state index in [1.165, 1.54) is 18.2 Å². The highest BCUT2D eigenvalue weighted by Crippen LogP contribution is 2.32. The van der Waals surface area contributed by atoms with Gasteiger partial charge in [-0.05, 0) is 41.2 Å². The number of allylic oxidation sites excluding steroid dienone is 2. The summed E-state index contributed by atoms with van der Waals surface area (Å²) in [6, 6.07) is 5.87. The van der Waals surface area contributed by atoms with Gasteiger partial charge in [-0.25, -0.2) is 8.42 Å². The number of esters is 1. The molecule has 15 heteroatoms. The van der Waals surface area contributed by atoms with E-state index < -0.39 is 38.7 Å². The summed E-state index contributed by atoms with van der Waals surface area (Å²) in [5.41, 5.74) is 3.85. The van der Waals surface area contributed by atoms with Gasteiger partial charge in [0.2, 0.25) is 0 Å². The lowest BCUT2D eigenvalue weighted by atomic mass is 10.2. The zero-order valence-electron chi connectivity index (χ0n) is 19.7. The molecule has 36 heavy (non-hydrogen) atoms. The zero-order valence-corrected chi connectivity index (χ0v) is 22.9. The molecule has 198 valence electrons. The number of aromatic nitrogens is 2. The maximum atomic E-state index is 13.3. The van der Waals surface area contributed by atoms with Crippen molar-refractivity contribution in [1.29, 1.82) is 0 Å². The lowest BCUT2D eigenvalue weighted by molar-refractivity contribution is -0.142. The monoisotopic (exact) mass is 611 g/mol. The van der Waals surface area contributed by atoms with Crippen molar-refractivity contribution >= 4 is 48.8 Å². The summed E-state index contributed by atoms with van der Waals surface area (Å²) < 4.78 is 68.0. The fourth-order valence-corrected chi connectivity index (χ4v) is 4.99. The van der Waals surface area contributed by atoms with Crippen LogP contribution in [0, 0.1) is 0 Å². The molecule has 0 unspecified atom stereocenters. The van der Waals surface area contributed by atoms with Gasteiger partial charge in [0.25, 0.3) is 0 Å². The first kappa shape index (κ1) is 29.9. The molecule has 0 bridgehead atoms. The third-order valence-electron chi connectivity index (χ3n) is 4.82. The average Bonchev–Trinajstić information content (AvgIpc) is 3.30. The first-order valence-electron chi connectivity index (χ1n) is 10.6. The third-order valence-corrected chi connectivity index (χ3v) is 7.71. The Balaban J connectivity index is 2.37. The SMILES string of the molecule is CCN(CC)CCOC(=O)CN=C(C(Br)=C(N)C(F)(F)F)c1nnc(-c2cccc(S(C)(=O)=O)c2)s1. The van der Waals surface area contributed by atoms with Gasteiger partial charge in [-0.3, -0.25) is 9.79 Å². The van der Waals surface area contributed by atoms with Crippen LogP contribution in [0.5, 0.6) is 0 Å². The first-order chi connectivity index (χ1) is 16.8. The number of ether oxygens (including phenoxy) is 1. The smallest absolute Gasteiger partial charge is 0.431 e. The van der Waals surface area contributed by atoms with E-state index in [1.807, 2.05) is 18.7 Å². The standard InChI is InChI=1S/C21H25BrF3N5O4S2/c1-4-30(5-2)9-10-34-15(31)12-27-17(16(22)18(26)21(23,24)25)20-29-28-19(35-20)13-7-6-8-14(11-13)36(3,32)33/h6-8,11H,4-5,9-10,12,26H2,1-3H3. The van der Waals surface area contributed by atoms with Crippen molar-refractivity contribution in [3.8, 4) is 10.6 Å². The van der Waals surface area contributed by atoms with Gasteiger partial charge in [0.05, 0.1) is 9.38 Å². The Morgan fingerprint density at radius 2 is 1.92 bits per heavy atom. The molecular formula is C21H25BrF3N5O4S2. The molecule has 0 aliphatic heterocycles. The molecule has 0 amide bonds. The van der Waals surface area contributed by atoms with Crippen molar-refractivity contribution in [3.05, 3.63) is 39.5 Å². The molecule has 1 aromatic heterocycles. The van der Waals surface area contributed by atoms with Crippen LogP contribution in [-0.4, -0.2) is 80.4 Å². The van der Waals surface area contributed by atoms with E-state index in [-0.39, 0.29) is 27.2 Å². The summed E-state index contributed by atoms with van der Waals surface area (Å²) in [6.07, 6.45) is -3.83. The van der Waals surface area contributed by atoms with Gasteiger partial charge in [-0.1, -0.05) is 37.3 Å². The molecule has 0 spiro atoms. The van der Waals surface area contributed by atoms with Crippen LogP contribution in [0.15, 0.2) is 44.3 Å². The predicted octanol–water partition coefficient (Wildman–Crippen LogP) is 3.41. The summed E-state index contributed by atoms with van der Waals surface area (Å²) in [6.45, 7) is 5.51. The Morgan fingerprint density at radius 3 is 2.50 bits per heavy atom. The van der Waals surface area contributed by atoms with Gasteiger partial charge >= 0.3 is 12.1 Å². The van der Waals surface area contributed by atoms with Crippen molar-refractivity contribution in [2.45, 2.75) is 24.9 Å². The molecule has 0 aliphatic rings. The Hall–Kier alpha value is -2.36. The molecule has 2 N–H and O–H groups in total. The highest BCUT2D eigenvalue weighted by molar-refractivity contribution is 9.12. The number of hydrogen-bond acceptors (Lipinski definition) is 10. The normalized spacial score (nSPS) is 13.6. The van der Waals surface area contributed by atoms with E-state index in [4.69, 9.17) is 10.5 Å². The number of rotatable bonds is 11. The highest BCUT2D eigenvalue weighted by Gasteiger charge is 2.36. The quantitative estimate of drug-likeness (QED) is 0.302. The van der Waals surface area contributed by atoms with Crippen molar-refractivity contribution in [1.82, 2.24) is 15.1 Å². The number of alkyl halides is 3. The first-order valence-corrected chi connectivity index (χ1v) is 14.1. The number of aliphatic imine (C=N–C) groups is 1.